The zero-order chi connectivity index (χ0) is 13.6. The second-order valence-electron chi connectivity index (χ2n) is 5.73. The van der Waals surface area contributed by atoms with Crippen LogP contribution in [0.3, 0.4) is 0 Å². The normalized spacial score (nSPS) is 17.3. The molecule has 0 unspecified atom stereocenters. The first-order chi connectivity index (χ1) is 8.96. The summed E-state index contributed by atoms with van der Waals surface area (Å²) >= 11 is 0. The van der Waals surface area contributed by atoms with Gasteiger partial charge in [-0.15, -0.1) is 0 Å². The summed E-state index contributed by atoms with van der Waals surface area (Å²) in [6, 6.07) is 5.10. The Bertz CT molecular complexity index is 659. The number of rotatable bonds is 2. The molecule has 0 atom stereocenters. The van der Waals surface area contributed by atoms with Gasteiger partial charge in [0.25, 0.3) is 0 Å². The van der Waals surface area contributed by atoms with Gasteiger partial charge in [-0.05, 0) is 17.5 Å². The fourth-order valence-electron chi connectivity index (χ4n) is 2.51. The Kier molecular flexibility index (Phi) is 2.45. The topological polar surface area (TPSA) is 66.3 Å². The van der Waals surface area contributed by atoms with Crippen molar-refractivity contribution in [3.05, 3.63) is 30.0 Å². The van der Waals surface area contributed by atoms with E-state index in [0.29, 0.717) is 22.3 Å². The first kappa shape index (κ1) is 11.9. The zero-order valence-corrected chi connectivity index (χ0v) is 10.9. The zero-order valence-electron chi connectivity index (χ0n) is 10.9. The van der Waals surface area contributed by atoms with Gasteiger partial charge in [0.2, 0.25) is 5.95 Å². The number of fused-ring (bicyclic) bond motifs is 1. The molecule has 2 aromatic rings. The number of carboxylic acids is 1. The van der Waals surface area contributed by atoms with Crippen molar-refractivity contribution in [3.63, 3.8) is 0 Å². The van der Waals surface area contributed by atoms with Crippen molar-refractivity contribution in [2.75, 3.05) is 18.0 Å². The minimum Gasteiger partial charge on any atom is -0.478 e. The molecule has 0 aliphatic carbocycles. The summed E-state index contributed by atoms with van der Waals surface area (Å²) in [5.74, 6) is -0.276. The maximum absolute atomic E-state index is 11.1. The lowest BCUT2D eigenvalue weighted by molar-refractivity contribution is 0.0699. The van der Waals surface area contributed by atoms with Crippen LogP contribution in [0, 0.1) is 5.41 Å². The highest BCUT2D eigenvalue weighted by Gasteiger charge is 2.35. The van der Waals surface area contributed by atoms with Gasteiger partial charge in [-0.2, -0.15) is 0 Å². The molecule has 1 saturated heterocycles. The standard InChI is InChI=1S/C14H15N3O2/c1-14(2)7-17(8-14)13-15-6-10-9(12(18)19)4-3-5-11(10)16-13/h3-6H,7-8H2,1-2H3,(H,18,19). The number of aromatic carboxylic acids is 1. The van der Waals surface area contributed by atoms with Gasteiger partial charge in [-0.25, -0.2) is 14.8 Å². The van der Waals surface area contributed by atoms with Crippen molar-refractivity contribution in [2.45, 2.75) is 13.8 Å². The lowest BCUT2D eigenvalue weighted by Gasteiger charge is -2.45. The van der Waals surface area contributed by atoms with Crippen molar-refractivity contribution in [1.29, 1.82) is 0 Å². The third kappa shape index (κ3) is 2.01. The Morgan fingerprint density at radius 2 is 2.11 bits per heavy atom. The van der Waals surface area contributed by atoms with Crippen molar-refractivity contribution in [3.8, 4) is 0 Å². The molecule has 1 aliphatic heterocycles. The van der Waals surface area contributed by atoms with Crippen LogP contribution in [-0.2, 0) is 0 Å². The Morgan fingerprint density at radius 3 is 2.74 bits per heavy atom. The molecule has 1 N–H and O–H groups in total. The Morgan fingerprint density at radius 1 is 1.37 bits per heavy atom. The largest absolute Gasteiger partial charge is 0.478 e. The van der Waals surface area contributed by atoms with E-state index in [1.54, 1.807) is 18.3 Å². The van der Waals surface area contributed by atoms with E-state index in [9.17, 15) is 4.79 Å². The lowest BCUT2D eigenvalue weighted by Crippen LogP contribution is -2.53. The molecule has 5 nitrogen and oxygen atoms in total. The van der Waals surface area contributed by atoms with Crippen LogP contribution < -0.4 is 4.90 Å². The molecular formula is C14H15N3O2. The molecule has 1 fully saturated rings. The maximum atomic E-state index is 11.1. The Labute approximate surface area is 110 Å². The van der Waals surface area contributed by atoms with Crippen molar-refractivity contribution < 1.29 is 9.90 Å². The van der Waals surface area contributed by atoms with Crippen molar-refractivity contribution >= 4 is 22.8 Å². The number of nitrogens with zero attached hydrogens (tertiary/aromatic N) is 3. The Hall–Kier alpha value is -2.17. The average molecular weight is 257 g/mol. The number of benzene rings is 1. The van der Waals surface area contributed by atoms with E-state index in [0.717, 1.165) is 13.1 Å². The van der Waals surface area contributed by atoms with E-state index < -0.39 is 5.97 Å². The molecule has 1 aromatic heterocycles. The summed E-state index contributed by atoms with van der Waals surface area (Å²) in [4.78, 5) is 22.0. The van der Waals surface area contributed by atoms with Crippen LogP contribution in [0.15, 0.2) is 24.4 Å². The summed E-state index contributed by atoms with van der Waals surface area (Å²) in [5, 5.41) is 9.70. The third-order valence-electron chi connectivity index (χ3n) is 3.36. The average Bonchev–Trinajstić information content (AvgIpc) is 2.34. The molecule has 0 saturated carbocycles. The first-order valence-corrected chi connectivity index (χ1v) is 6.20. The minimum absolute atomic E-state index is 0.244. The van der Waals surface area contributed by atoms with Gasteiger partial charge < -0.3 is 10.0 Å². The molecular weight excluding hydrogens is 242 g/mol. The van der Waals surface area contributed by atoms with Crippen LogP contribution in [0.1, 0.15) is 24.2 Å². The van der Waals surface area contributed by atoms with E-state index in [-0.39, 0.29) is 5.56 Å². The highest BCUT2D eigenvalue weighted by molar-refractivity contribution is 6.02. The van der Waals surface area contributed by atoms with Crippen molar-refractivity contribution in [1.82, 2.24) is 9.97 Å². The van der Waals surface area contributed by atoms with E-state index in [2.05, 4.69) is 28.7 Å². The second kappa shape index (κ2) is 3.91. The van der Waals surface area contributed by atoms with E-state index in [4.69, 9.17) is 5.11 Å². The monoisotopic (exact) mass is 257 g/mol. The van der Waals surface area contributed by atoms with Gasteiger partial charge in [0.15, 0.2) is 0 Å². The van der Waals surface area contributed by atoms with Gasteiger partial charge in [0.05, 0.1) is 11.1 Å². The van der Waals surface area contributed by atoms with Crippen molar-refractivity contribution in [2.24, 2.45) is 5.41 Å². The first-order valence-electron chi connectivity index (χ1n) is 6.20. The molecule has 2 heterocycles. The molecule has 98 valence electrons. The smallest absolute Gasteiger partial charge is 0.336 e. The molecule has 0 spiro atoms. The van der Waals surface area contributed by atoms with Gasteiger partial charge in [-0.3, -0.25) is 0 Å². The third-order valence-corrected chi connectivity index (χ3v) is 3.36. The highest BCUT2D eigenvalue weighted by Crippen LogP contribution is 2.32. The summed E-state index contributed by atoms with van der Waals surface area (Å²) < 4.78 is 0. The second-order valence-corrected chi connectivity index (χ2v) is 5.73. The van der Waals surface area contributed by atoms with Gasteiger partial charge >= 0.3 is 5.97 Å². The van der Waals surface area contributed by atoms with Crippen LogP contribution in [-0.4, -0.2) is 34.1 Å². The summed E-state index contributed by atoms with van der Waals surface area (Å²) in [5.41, 5.74) is 1.23. The quantitative estimate of drug-likeness (QED) is 0.893. The molecule has 0 radical (unpaired) electrons. The fourth-order valence-corrected chi connectivity index (χ4v) is 2.51. The number of anilines is 1. The van der Waals surface area contributed by atoms with E-state index >= 15 is 0 Å². The van der Waals surface area contributed by atoms with Crippen LogP contribution in [0.25, 0.3) is 10.9 Å². The van der Waals surface area contributed by atoms with E-state index in [1.165, 1.54) is 0 Å². The number of carbonyl (C=O) groups is 1. The van der Waals surface area contributed by atoms with E-state index in [1.807, 2.05) is 6.07 Å². The minimum atomic E-state index is -0.952. The van der Waals surface area contributed by atoms with Gasteiger partial charge in [0.1, 0.15) is 0 Å². The molecule has 19 heavy (non-hydrogen) atoms. The number of carboxylic acid groups (broad SMARTS) is 1. The molecule has 0 bridgehead atoms. The molecule has 0 amide bonds. The SMILES string of the molecule is CC1(C)CN(c2ncc3c(C(=O)O)cccc3n2)C1. The molecule has 5 heteroatoms. The molecule has 1 aliphatic rings. The summed E-state index contributed by atoms with van der Waals surface area (Å²) in [7, 11) is 0. The number of aromatic nitrogens is 2. The Balaban J connectivity index is 2.01. The fraction of sp³-hybridized carbons (Fsp3) is 0.357. The van der Waals surface area contributed by atoms with Gasteiger partial charge in [0, 0.05) is 24.7 Å². The van der Waals surface area contributed by atoms with Crippen LogP contribution >= 0.6 is 0 Å². The number of hydrogen-bond acceptors (Lipinski definition) is 4. The molecule has 1 aromatic carbocycles. The van der Waals surface area contributed by atoms with Crippen LogP contribution in [0.2, 0.25) is 0 Å². The lowest BCUT2D eigenvalue weighted by atomic mass is 9.85. The predicted molar refractivity (Wildman–Crippen MR) is 72.5 cm³/mol. The molecule has 3 rings (SSSR count). The number of hydrogen-bond donors (Lipinski definition) is 1. The predicted octanol–water partition coefficient (Wildman–Crippen LogP) is 2.17. The van der Waals surface area contributed by atoms with Gasteiger partial charge in [-0.1, -0.05) is 19.9 Å². The van der Waals surface area contributed by atoms with Crippen LogP contribution in [0.5, 0.6) is 0 Å². The summed E-state index contributed by atoms with van der Waals surface area (Å²) in [6.07, 6.45) is 1.60. The van der Waals surface area contributed by atoms with Crippen LogP contribution in [0.4, 0.5) is 5.95 Å². The highest BCUT2D eigenvalue weighted by atomic mass is 16.4. The maximum Gasteiger partial charge on any atom is 0.336 e. The summed E-state index contributed by atoms with van der Waals surface area (Å²) in [6.45, 7) is 6.26.